The summed E-state index contributed by atoms with van der Waals surface area (Å²) in [5.41, 5.74) is 0.759. The Bertz CT molecular complexity index is 444. The molecule has 0 radical (unpaired) electrons. The van der Waals surface area contributed by atoms with E-state index in [0.29, 0.717) is 0 Å². The monoisotopic (exact) mass is 299 g/mol. The van der Waals surface area contributed by atoms with E-state index in [1.165, 1.54) is 6.07 Å². The van der Waals surface area contributed by atoms with Crippen LogP contribution in [-0.4, -0.2) is 10.3 Å². The molecule has 16 heavy (non-hydrogen) atoms. The summed E-state index contributed by atoms with van der Waals surface area (Å²) in [4.78, 5) is 4.23. The van der Waals surface area contributed by atoms with Crippen LogP contribution in [-0.2, 0) is 6.42 Å². The van der Waals surface area contributed by atoms with Crippen molar-refractivity contribution in [1.82, 2.24) is 4.98 Å². The second-order valence-electron chi connectivity index (χ2n) is 3.50. The average molecular weight is 300 g/mol. The van der Waals surface area contributed by atoms with Gasteiger partial charge in [-0.15, -0.1) is 11.3 Å². The summed E-state index contributed by atoms with van der Waals surface area (Å²) >= 11 is 5.06. The van der Waals surface area contributed by atoms with Crippen molar-refractivity contribution in [2.24, 2.45) is 0 Å². The minimum atomic E-state index is -0.136. The van der Waals surface area contributed by atoms with Gasteiger partial charge in [0.05, 0.1) is 5.01 Å². The Kier molecular flexibility index (Phi) is 4.07. The lowest BCUT2D eigenvalue weighted by Crippen LogP contribution is -2.06. The molecule has 1 atom stereocenters. The van der Waals surface area contributed by atoms with Gasteiger partial charge in [-0.2, -0.15) is 0 Å². The van der Waals surface area contributed by atoms with E-state index < -0.39 is 0 Å². The van der Waals surface area contributed by atoms with Crippen LogP contribution in [0.15, 0.2) is 35.8 Å². The third kappa shape index (κ3) is 2.68. The van der Waals surface area contributed by atoms with Crippen molar-refractivity contribution in [1.29, 1.82) is 0 Å². The fourth-order valence-corrected chi connectivity index (χ4v) is 2.89. The fourth-order valence-electron chi connectivity index (χ4n) is 1.62. The molecule has 0 spiro atoms. The topological polar surface area (TPSA) is 12.9 Å². The van der Waals surface area contributed by atoms with Gasteiger partial charge in [-0.25, -0.2) is 9.37 Å². The number of benzene rings is 1. The number of thiazole rings is 1. The maximum absolute atomic E-state index is 13.6. The first-order valence-electron chi connectivity index (χ1n) is 5.00. The molecule has 2 aromatic rings. The third-order valence-electron chi connectivity index (χ3n) is 2.44. The molecule has 0 aliphatic rings. The highest BCUT2D eigenvalue weighted by Gasteiger charge is 2.15. The quantitative estimate of drug-likeness (QED) is 0.778. The van der Waals surface area contributed by atoms with Gasteiger partial charge in [0.2, 0.25) is 0 Å². The predicted octanol–water partition coefficient (Wildman–Crippen LogP) is 4.00. The normalized spacial score (nSPS) is 12.6. The Hall–Kier alpha value is -0.740. The van der Waals surface area contributed by atoms with E-state index in [0.717, 1.165) is 22.3 Å². The minimum Gasteiger partial charge on any atom is -0.250 e. The summed E-state index contributed by atoms with van der Waals surface area (Å²) in [6.45, 7) is 0. The second-order valence-corrected chi connectivity index (χ2v) is 5.13. The van der Waals surface area contributed by atoms with Crippen molar-refractivity contribution in [3.63, 3.8) is 0 Å². The van der Waals surface area contributed by atoms with E-state index in [-0.39, 0.29) is 11.7 Å². The molecule has 0 bridgehead atoms. The number of nitrogens with zero attached hydrogens (tertiary/aromatic N) is 1. The van der Waals surface area contributed by atoms with Crippen LogP contribution in [0.2, 0.25) is 0 Å². The van der Waals surface area contributed by atoms with Crippen LogP contribution in [0.1, 0.15) is 16.5 Å². The molecule has 0 aliphatic heterocycles. The molecular formula is C12H11BrFNS. The zero-order valence-electron chi connectivity index (χ0n) is 8.57. The van der Waals surface area contributed by atoms with E-state index in [1.54, 1.807) is 23.6 Å². The number of rotatable bonds is 4. The molecule has 0 N–H and O–H groups in total. The van der Waals surface area contributed by atoms with Gasteiger partial charge < -0.3 is 0 Å². The molecule has 0 saturated carbocycles. The van der Waals surface area contributed by atoms with Gasteiger partial charge in [0, 0.05) is 29.2 Å². The molecule has 84 valence electrons. The van der Waals surface area contributed by atoms with E-state index in [2.05, 4.69) is 20.9 Å². The molecule has 4 heteroatoms. The van der Waals surface area contributed by atoms with Crippen molar-refractivity contribution in [2.45, 2.75) is 12.3 Å². The summed E-state index contributed by atoms with van der Waals surface area (Å²) in [5, 5.41) is 3.74. The Morgan fingerprint density at radius 1 is 1.38 bits per heavy atom. The van der Waals surface area contributed by atoms with Gasteiger partial charge in [0.25, 0.3) is 0 Å². The highest BCUT2D eigenvalue weighted by molar-refractivity contribution is 9.09. The smallest absolute Gasteiger partial charge is 0.126 e. The maximum Gasteiger partial charge on any atom is 0.126 e. The first-order valence-corrected chi connectivity index (χ1v) is 7.00. The fraction of sp³-hybridized carbons (Fsp3) is 0.250. The van der Waals surface area contributed by atoms with Crippen LogP contribution in [0.25, 0.3) is 0 Å². The molecule has 2 rings (SSSR count). The Morgan fingerprint density at radius 2 is 2.19 bits per heavy atom. The summed E-state index contributed by atoms with van der Waals surface area (Å²) in [6.07, 6.45) is 2.57. The summed E-state index contributed by atoms with van der Waals surface area (Å²) < 4.78 is 13.6. The predicted molar refractivity (Wildman–Crippen MR) is 68.8 cm³/mol. The molecule has 1 heterocycles. The summed E-state index contributed by atoms with van der Waals surface area (Å²) in [6, 6.07) is 6.94. The van der Waals surface area contributed by atoms with Gasteiger partial charge >= 0.3 is 0 Å². The van der Waals surface area contributed by atoms with Gasteiger partial charge in [0.1, 0.15) is 5.82 Å². The summed E-state index contributed by atoms with van der Waals surface area (Å²) in [5.74, 6) is 0.0101. The van der Waals surface area contributed by atoms with Gasteiger partial charge in [-0.05, 0) is 11.6 Å². The zero-order chi connectivity index (χ0) is 11.4. The molecular weight excluding hydrogens is 289 g/mol. The van der Waals surface area contributed by atoms with E-state index in [1.807, 2.05) is 17.5 Å². The van der Waals surface area contributed by atoms with Crippen LogP contribution in [0, 0.1) is 5.82 Å². The number of aromatic nitrogens is 1. The van der Waals surface area contributed by atoms with E-state index in [4.69, 9.17) is 0 Å². The Morgan fingerprint density at radius 3 is 2.81 bits per heavy atom. The van der Waals surface area contributed by atoms with Crippen molar-refractivity contribution in [2.75, 3.05) is 5.33 Å². The highest BCUT2D eigenvalue weighted by Crippen LogP contribution is 2.25. The van der Waals surface area contributed by atoms with Gasteiger partial charge in [0.15, 0.2) is 0 Å². The van der Waals surface area contributed by atoms with E-state index in [9.17, 15) is 4.39 Å². The first kappa shape index (κ1) is 11.7. The van der Waals surface area contributed by atoms with Crippen molar-refractivity contribution >= 4 is 27.3 Å². The SMILES string of the molecule is Fc1ccccc1C(CBr)Cc1nccs1. The Balaban J connectivity index is 2.20. The summed E-state index contributed by atoms with van der Waals surface area (Å²) in [7, 11) is 0. The number of halogens is 2. The minimum absolute atomic E-state index is 0.136. The van der Waals surface area contributed by atoms with Crippen molar-refractivity contribution < 1.29 is 4.39 Å². The van der Waals surface area contributed by atoms with Crippen LogP contribution in [0.3, 0.4) is 0 Å². The third-order valence-corrected chi connectivity index (χ3v) is 4.02. The maximum atomic E-state index is 13.6. The molecule has 1 unspecified atom stereocenters. The molecule has 0 saturated heterocycles. The van der Waals surface area contributed by atoms with Crippen molar-refractivity contribution in [3.8, 4) is 0 Å². The lowest BCUT2D eigenvalue weighted by Gasteiger charge is -2.13. The molecule has 1 nitrogen and oxygen atoms in total. The second kappa shape index (κ2) is 5.55. The van der Waals surface area contributed by atoms with Crippen LogP contribution < -0.4 is 0 Å². The van der Waals surface area contributed by atoms with Gasteiger partial charge in [-0.1, -0.05) is 34.1 Å². The van der Waals surface area contributed by atoms with E-state index >= 15 is 0 Å². The van der Waals surface area contributed by atoms with Crippen LogP contribution in [0.4, 0.5) is 4.39 Å². The lowest BCUT2D eigenvalue weighted by atomic mass is 9.97. The Labute approximate surface area is 106 Å². The molecule has 1 aromatic heterocycles. The largest absolute Gasteiger partial charge is 0.250 e. The number of alkyl halides is 1. The first-order chi connectivity index (χ1) is 7.81. The zero-order valence-corrected chi connectivity index (χ0v) is 11.0. The molecule has 1 aromatic carbocycles. The van der Waals surface area contributed by atoms with Crippen LogP contribution in [0.5, 0.6) is 0 Å². The number of hydrogen-bond acceptors (Lipinski definition) is 2. The number of hydrogen-bond donors (Lipinski definition) is 0. The average Bonchev–Trinajstić information content (AvgIpc) is 2.80. The lowest BCUT2D eigenvalue weighted by molar-refractivity contribution is 0.590. The molecule has 0 fully saturated rings. The standard InChI is InChI=1S/C12H11BrFNS/c13-8-9(7-12-15-5-6-16-12)10-3-1-2-4-11(10)14/h1-6,9H,7-8H2. The molecule has 0 aliphatic carbocycles. The molecule has 0 amide bonds. The van der Waals surface area contributed by atoms with Crippen molar-refractivity contribution in [3.05, 3.63) is 52.2 Å². The van der Waals surface area contributed by atoms with Gasteiger partial charge in [-0.3, -0.25) is 0 Å². The van der Waals surface area contributed by atoms with Crippen LogP contribution >= 0.6 is 27.3 Å². The highest BCUT2D eigenvalue weighted by atomic mass is 79.9.